The molecule has 0 radical (unpaired) electrons. The molecule has 0 saturated carbocycles. The fourth-order valence-electron chi connectivity index (χ4n) is 7.78. The number of allylic oxidation sites excluding steroid dienone is 1. The number of carbonyl (C=O) groups excluding carboxylic acids is 3. The molecule has 3 heterocycles. The number of aliphatic hydroxyl groups is 1. The highest BCUT2D eigenvalue weighted by Gasteiger charge is 2.79. The Bertz CT molecular complexity index is 1440. The molecule has 2 unspecified atom stereocenters. The summed E-state index contributed by atoms with van der Waals surface area (Å²) in [6.45, 7) is 13.6. The van der Waals surface area contributed by atoms with Gasteiger partial charge in [0.25, 0.3) is 5.91 Å². The summed E-state index contributed by atoms with van der Waals surface area (Å²) in [4.78, 5) is 46.7. The molecule has 6 atom stereocenters. The number of esters is 1. The average molecular weight is 615 g/mol. The van der Waals surface area contributed by atoms with Crippen molar-refractivity contribution in [1.82, 2.24) is 4.90 Å². The van der Waals surface area contributed by atoms with Crippen molar-refractivity contribution in [3.63, 3.8) is 0 Å². The highest BCUT2D eigenvalue weighted by molar-refractivity contribution is 6.05. The second kappa shape index (κ2) is 13.3. The Hall–Kier alpha value is -3.75. The topological polar surface area (TPSA) is 96.4 Å². The van der Waals surface area contributed by atoms with Crippen LogP contribution in [0.4, 0.5) is 5.69 Å². The van der Waals surface area contributed by atoms with Crippen molar-refractivity contribution < 1.29 is 29.0 Å². The van der Waals surface area contributed by atoms with E-state index in [9.17, 15) is 14.7 Å². The van der Waals surface area contributed by atoms with Crippen molar-refractivity contribution in [2.75, 3.05) is 24.7 Å². The quantitative estimate of drug-likeness (QED) is 0.181. The van der Waals surface area contributed by atoms with E-state index >= 15 is 4.79 Å². The van der Waals surface area contributed by atoms with Gasteiger partial charge in [-0.15, -0.1) is 13.2 Å². The molecule has 1 spiro atoms. The van der Waals surface area contributed by atoms with Gasteiger partial charge in [-0.25, -0.2) is 0 Å². The molecule has 240 valence electrons. The Kier molecular flexibility index (Phi) is 9.65. The van der Waals surface area contributed by atoms with E-state index in [-0.39, 0.29) is 31.6 Å². The van der Waals surface area contributed by atoms with E-state index < -0.39 is 41.1 Å². The molecule has 3 aliphatic heterocycles. The number of amides is 2. The van der Waals surface area contributed by atoms with E-state index in [0.29, 0.717) is 25.7 Å². The molecule has 1 N–H and O–H groups in total. The van der Waals surface area contributed by atoms with E-state index in [2.05, 4.69) is 13.2 Å². The zero-order valence-corrected chi connectivity index (χ0v) is 26.7. The van der Waals surface area contributed by atoms with Crippen LogP contribution in [0.2, 0.25) is 0 Å². The first kappa shape index (κ1) is 32.6. The summed E-state index contributed by atoms with van der Waals surface area (Å²) in [5.74, 6) is -2.89. The second-order valence-electron chi connectivity index (χ2n) is 13.0. The summed E-state index contributed by atoms with van der Waals surface area (Å²) in [5, 5.41) is 10.8. The first-order valence-electron chi connectivity index (χ1n) is 16.1. The minimum absolute atomic E-state index is 0.221. The zero-order valence-electron chi connectivity index (χ0n) is 26.7. The molecule has 8 nitrogen and oxygen atoms in total. The number of ether oxygens (including phenoxy) is 2. The predicted octanol–water partition coefficient (Wildman–Crippen LogP) is 5.09. The van der Waals surface area contributed by atoms with Gasteiger partial charge in [-0.1, -0.05) is 54.6 Å². The van der Waals surface area contributed by atoms with Gasteiger partial charge in [0.05, 0.1) is 30.8 Å². The van der Waals surface area contributed by atoms with Gasteiger partial charge in [0.15, 0.2) is 0 Å². The molecule has 3 saturated heterocycles. The summed E-state index contributed by atoms with van der Waals surface area (Å²) in [6, 6.07) is 13.8. The van der Waals surface area contributed by atoms with Gasteiger partial charge >= 0.3 is 5.97 Å². The number of nitrogens with zero attached hydrogens (tertiary/aromatic N) is 2. The average Bonchev–Trinajstić information content (AvgIpc) is 3.60. The Morgan fingerprint density at radius 1 is 1.13 bits per heavy atom. The fraction of sp³-hybridized carbons (Fsp3) is 0.486. The fourth-order valence-corrected chi connectivity index (χ4v) is 7.78. The highest BCUT2D eigenvalue weighted by atomic mass is 16.6. The molecule has 3 fully saturated rings. The summed E-state index contributed by atoms with van der Waals surface area (Å²) in [7, 11) is 0. The van der Waals surface area contributed by atoms with E-state index in [1.165, 1.54) is 4.90 Å². The van der Waals surface area contributed by atoms with E-state index in [1.54, 1.807) is 11.0 Å². The van der Waals surface area contributed by atoms with Gasteiger partial charge in [-0.05, 0) is 82.1 Å². The predicted molar refractivity (Wildman–Crippen MR) is 174 cm³/mol. The van der Waals surface area contributed by atoms with Gasteiger partial charge in [0.2, 0.25) is 5.91 Å². The molecule has 8 heteroatoms. The molecule has 2 bridgehead atoms. The smallest absolute Gasteiger partial charge is 0.312 e. The number of hydrogen-bond acceptors (Lipinski definition) is 6. The van der Waals surface area contributed by atoms with E-state index in [0.717, 1.165) is 35.2 Å². The van der Waals surface area contributed by atoms with Crippen molar-refractivity contribution >= 4 is 23.5 Å². The lowest BCUT2D eigenvalue weighted by molar-refractivity contribution is -0.160. The summed E-state index contributed by atoms with van der Waals surface area (Å²) < 4.78 is 12.6. The number of carbonyl (C=O) groups is 3. The molecule has 2 aromatic rings. The monoisotopic (exact) mass is 614 g/mol. The Balaban J connectivity index is 1.58. The van der Waals surface area contributed by atoms with Crippen LogP contribution in [0, 0.1) is 25.7 Å². The van der Waals surface area contributed by atoms with Crippen molar-refractivity contribution in [2.45, 2.75) is 82.6 Å². The van der Waals surface area contributed by atoms with Crippen LogP contribution in [0.25, 0.3) is 0 Å². The number of anilines is 1. The van der Waals surface area contributed by atoms with Gasteiger partial charge in [0, 0.05) is 12.2 Å². The van der Waals surface area contributed by atoms with Crippen LogP contribution in [0.15, 0.2) is 73.8 Å². The number of benzene rings is 2. The maximum atomic E-state index is 15.0. The van der Waals surface area contributed by atoms with Crippen LogP contribution in [-0.4, -0.2) is 70.8 Å². The zero-order chi connectivity index (χ0) is 32.4. The second-order valence-corrected chi connectivity index (χ2v) is 13.0. The molecule has 0 aromatic heterocycles. The van der Waals surface area contributed by atoms with Crippen molar-refractivity contribution in [3.8, 4) is 0 Å². The highest BCUT2D eigenvalue weighted by Crippen LogP contribution is 2.64. The third-order valence-corrected chi connectivity index (χ3v) is 9.90. The first-order valence-corrected chi connectivity index (χ1v) is 16.1. The minimum atomic E-state index is -1.24. The maximum Gasteiger partial charge on any atom is 0.312 e. The van der Waals surface area contributed by atoms with Gasteiger partial charge in [-0.2, -0.15) is 0 Å². The number of unbranched alkanes of at least 4 members (excludes halogenated alkanes) is 2. The number of fused-ring (bicyclic) bond motifs is 1. The largest absolute Gasteiger partial charge is 0.465 e. The van der Waals surface area contributed by atoms with Gasteiger partial charge in [-0.3, -0.25) is 14.4 Å². The third kappa shape index (κ3) is 5.86. The maximum absolute atomic E-state index is 15.0. The van der Waals surface area contributed by atoms with Crippen LogP contribution >= 0.6 is 0 Å². The van der Waals surface area contributed by atoms with Crippen LogP contribution in [0.5, 0.6) is 0 Å². The molecule has 3 aliphatic rings. The molecule has 2 aromatic carbocycles. The lowest BCUT2D eigenvalue weighted by atomic mass is 9.66. The molecule has 5 rings (SSSR count). The number of likely N-dealkylation sites (tertiary alicyclic amines) is 1. The number of rotatable bonds is 14. The van der Waals surface area contributed by atoms with Crippen molar-refractivity contribution in [3.05, 3.63) is 90.5 Å². The lowest BCUT2D eigenvalue weighted by Gasteiger charge is -2.40. The SMILES string of the molecule is C=CCCCCOC(=O)[C@@H]1[C@H]2C(=O)N([C@@H](CO)Cc3ccccc3)C(C(=O)N(CC=C)c3cc(C)ccc3C)C23CC[C@@]1(C)O3. The van der Waals surface area contributed by atoms with Crippen molar-refractivity contribution in [1.29, 1.82) is 0 Å². The Labute approximate surface area is 266 Å². The number of aryl methyl sites for hydroxylation is 2. The molecule has 45 heavy (non-hydrogen) atoms. The molecule has 2 amide bonds. The normalized spacial score (nSPS) is 27.2. The van der Waals surface area contributed by atoms with E-state index in [4.69, 9.17) is 9.47 Å². The van der Waals surface area contributed by atoms with Crippen LogP contribution in [0.3, 0.4) is 0 Å². The third-order valence-electron chi connectivity index (χ3n) is 9.90. The van der Waals surface area contributed by atoms with Crippen molar-refractivity contribution in [2.24, 2.45) is 11.8 Å². The standard InChI is InChI=1S/C37H46N2O6/c1-6-8-9-13-21-44-35(43)31-30-33(41)39(28(24-40)23-27-14-11-10-12-15-27)32(37(30)19-18-36(31,5)45-37)34(42)38(20-7-2)29-22-25(3)16-17-26(29)4/h6-7,10-12,14-17,22,28,30-32,40H,1-2,8-9,13,18-21,23-24H2,3-5H3/t28-,30+,31+,32?,36-,37?/m1/s1. The summed E-state index contributed by atoms with van der Waals surface area (Å²) >= 11 is 0. The van der Waals surface area contributed by atoms with E-state index in [1.807, 2.05) is 75.4 Å². The number of aliphatic hydroxyl groups excluding tert-OH is 1. The lowest BCUT2D eigenvalue weighted by Crippen LogP contribution is -2.59. The van der Waals surface area contributed by atoms with Crippen LogP contribution in [-0.2, 0) is 30.3 Å². The Morgan fingerprint density at radius 2 is 1.89 bits per heavy atom. The van der Waals surface area contributed by atoms with Crippen LogP contribution < -0.4 is 4.90 Å². The molecule has 0 aliphatic carbocycles. The summed E-state index contributed by atoms with van der Waals surface area (Å²) in [6.07, 6.45) is 7.17. The summed E-state index contributed by atoms with van der Waals surface area (Å²) in [5.41, 5.74) is 1.37. The minimum Gasteiger partial charge on any atom is -0.465 e. The van der Waals surface area contributed by atoms with Gasteiger partial charge in [0.1, 0.15) is 17.6 Å². The van der Waals surface area contributed by atoms with Crippen LogP contribution in [0.1, 0.15) is 55.7 Å². The molecular weight excluding hydrogens is 568 g/mol. The Morgan fingerprint density at radius 3 is 2.58 bits per heavy atom. The molecular formula is C37H46N2O6. The first-order chi connectivity index (χ1) is 21.6. The van der Waals surface area contributed by atoms with Gasteiger partial charge < -0.3 is 24.4 Å². The number of hydrogen-bond donors (Lipinski definition) is 1.